The van der Waals surface area contributed by atoms with E-state index in [0.717, 1.165) is 7.11 Å². The minimum atomic E-state index is -4.76. The standard InChI is InChI=1S/C2H6O6S2/c1-8-10(6,7)2-9(3,4)5/h2H2,1H3,(H,3,4,5)/p-1. The first kappa shape index (κ1) is 9.82. The van der Waals surface area contributed by atoms with E-state index in [4.69, 9.17) is 0 Å². The molecule has 0 aliphatic carbocycles. The molecule has 0 rings (SSSR count). The Morgan fingerprint density at radius 2 is 1.70 bits per heavy atom. The average Bonchev–Trinajstić information content (AvgIpc) is 1.60. The van der Waals surface area contributed by atoms with E-state index in [2.05, 4.69) is 4.18 Å². The van der Waals surface area contributed by atoms with Crippen molar-refractivity contribution in [3.63, 3.8) is 0 Å². The number of hydrogen-bond donors (Lipinski definition) is 0. The average molecular weight is 189 g/mol. The van der Waals surface area contributed by atoms with Gasteiger partial charge in [-0.05, 0) is 0 Å². The Balaban J connectivity index is 4.49. The van der Waals surface area contributed by atoms with Crippen molar-refractivity contribution in [2.24, 2.45) is 0 Å². The molecule has 0 atom stereocenters. The molecule has 10 heavy (non-hydrogen) atoms. The van der Waals surface area contributed by atoms with Crippen LogP contribution in [0.5, 0.6) is 0 Å². The van der Waals surface area contributed by atoms with Crippen LogP contribution in [0.4, 0.5) is 0 Å². The zero-order valence-corrected chi connectivity index (χ0v) is 6.61. The minimum absolute atomic E-state index is 0.778. The zero-order valence-electron chi connectivity index (χ0n) is 4.97. The van der Waals surface area contributed by atoms with E-state index < -0.39 is 25.3 Å². The first-order chi connectivity index (χ1) is 4.27. The molecule has 0 aromatic carbocycles. The second kappa shape index (κ2) is 2.82. The van der Waals surface area contributed by atoms with E-state index in [1.54, 1.807) is 0 Å². The van der Waals surface area contributed by atoms with Crippen molar-refractivity contribution < 1.29 is 25.6 Å². The van der Waals surface area contributed by atoms with Gasteiger partial charge in [0.1, 0.15) is 10.1 Å². The largest absolute Gasteiger partial charge is 0.747 e. The first-order valence-corrected chi connectivity index (χ1v) is 5.14. The van der Waals surface area contributed by atoms with Gasteiger partial charge in [0.25, 0.3) is 10.1 Å². The molecular formula is C2H5O6S2-. The van der Waals surface area contributed by atoms with Crippen LogP contribution in [0.1, 0.15) is 0 Å². The molecule has 0 aliphatic rings. The molecule has 62 valence electrons. The highest BCUT2D eigenvalue weighted by Crippen LogP contribution is 1.94. The number of rotatable bonds is 3. The van der Waals surface area contributed by atoms with Gasteiger partial charge in [-0.1, -0.05) is 0 Å². The lowest BCUT2D eigenvalue weighted by Crippen LogP contribution is -2.16. The lowest BCUT2D eigenvalue weighted by atomic mass is 11.8. The van der Waals surface area contributed by atoms with Crippen LogP contribution in [-0.4, -0.2) is 33.6 Å². The first-order valence-electron chi connectivity index (χ1n) is 1.99. The second-order valence-electron chi connectivity index (χ2n) is 1.40. The van der Waals surface area contributed by atoms with Gasteiger partial charge in [-0.15, -0.1) is 0 Å². The van der Waals surface area contributed by atoms with Crippen LogP contribution in [0.2, 0.25) is 0 Å². The Morgan fingerprint density at radius 1 is 1.30 bits per heavy atom. The van der Waals surface area contributed by atoms with Crippen molar-refractivity contribution in [3.8, 4) is 0 Å². The Kier molecular flexibility index (Phi) is 2.77. The van der Waals surface area contributed by atoms with Crippen molar-refractivity contribution in [3.05, 3.63) is 0 Å². The fourth-order valence-corrected chi connectivity index (χ4v) is 2.02. The fourth-order valence-electron chi connectivity index (χ4n) is 0.225. The lowest BCUT2D eigenvalue weighted by Gasteiger charge is -2.04. The van der Waals surface area contributed by atoms with E-state index in [9.17, 15) is 21.4 Å². The molecule has 0 spiro atoms. The fraction of sp³-hybridized carbons (Fsp3) is 1.00. The van der Waals surface area contributed by atoms with E-state index in [1.807, 2.05) is 0 Å². The van der Waals surface area contributed by atoms with Crippen LogP contribution >= 0.6 is 0 Å². The molecule has 0 aliphatic heterocycles. The zero-order chi connectivity index (χ0) is 8.41. The summed E-state index contributed by atoms with van der Waals surface area (Å²) in [4.78, 5) is 0. The third-order valence-electron chi connectivity index (χ3n) is 0.543. The predicted molar refractivity (Wildman–Crippen MR) is 30.5 cm³/mol. The molecular weight excluding hydrogens is 184 g/mol. The highest BCUT2D eigenvalue weighted by molar-refractivity contribution is 8.03. The van der Waals surface area contributed by atoms with Gasteiger partial charge in [-0.25, -0.2) is 8.42 Å². The van der Waals surface area contributed by atoms with E-state index >= 15 is 0 Å². The summed E-state index contributed by atoms with van der Waals surface area (Å²) in [6.45, 7) is 0. The Morgan fingerprint density at radius 3 is 1.80 bits per heavy atom. The summed E-state index contributed by atoms with van der Waals surface area (Å²) in [6.07, 6.45) is 0. The molecule has 0 saturated carbocycles. The van der Waals surface area contributed by atoms with Crippen LogP contribution in [0.3, 0.4) is 0 Å². The summed E-state index contributed by atoms with van der Waals surface area (Å²) < 4.78 is 53.5. The smallest absolute Gasteiger partial charge is 0.280 e. The van der Waals surface area contributed by atoms with Crippen LogP contribution in [0.25, 0.3) is 0 Å². The monoisotopic (exact) mass is 189 g/mol. The van der Waals surface area contributed by atoms with Gasteiger partial charge in [0.05, 0.1) is 7.11 Å². The van der Waals surface area contributed by atoms with Crippen molar-refractivity contribution in [1.29, 1.82) is 0 Å². The molecule has 0 saturated heterocycles. The van der Waals surface area contributed by atoms with E-state index in [1.165, 1.54) is 0 Å². The molecule has 6 nitrogen and oxygen atoms in total. The second-order valence-corrected chi connectivity index (χ2v) is 4.91. The maximum atomic E-state index is 10.2. The van der Waals surface area contributed by atoms with Crippen LogP contribution < -0.4 is 0 Å². The molecule has 8 heteroatoms. The molecule has 0 bridgehead atoms. The van der Waals surface area contributed by atoms with E-state index in [-0.39, 0.29) is 0 Å². The maximum absolute atomic E-state index is 10.2. The molecule has 0 aromatic rings. The topological polar surface area (TPSA) is 101 Å². The lowest BCUT2D eigenvalue weighted by molar-refractivity contribution is 0.398. The summed E-state index contributed by atoms with van der Waals surface area (Å²) >= 11 is 0. The van der Waals surface area contributed by atoms with Gasteiger partial charge in [0.15, 0.2) is 5.08 Å². The summed E-state index contributed by atoms with van der Waals surface area (Å²) in [6, 6.07) is 0. The predicted octanol–water partition coefficient (Wildman–Crippen LogP) is -1.53. The van der Waals surface area contributed by atoms with Crippen molar-refractivity contribution in [2.45, 2.75) is 0 Å². The van der Waals surface area contributed by atoms with Crippen molar-refractivity contribution in [1.82, 2.24) is 0 Å². The SMILES string of the molecule is COS(=O)(=O)CS(=O)(=O)[O-]. The summed E-state index contributed by atoms with van der Waals surface area (Å²) in [5.41, 5.74) is 0. The Labute approximate surface area is 58.7 Å². The maximum Gasteiger partial charge on any atom is 0.280 e. The third kappa shape index (κ3) is 4.68. The Bertz CT molecular complexity index is 282. The molecule has 0 aromatic heterocycles. The van der Waals surface area contributed by atoms with Gasteiger partial charge in [-0.2, -0.15) is 8.42 Å². The van der Waals surface area contributed by atoms with E-state index in [0.29, 0.717) is 0 Å². The van der Waals surface area contributed by atoms with Crippen LogP contribution in [0.15, 0.2) is 0 Å². The van der Waals surface area contributed by atoms with Gasteiger partial charge in [0, 0.05) is 0 Å². The molecule has 0 radical (unpaired) electrons. The molecule has 0 amide bonds. The summed E-state index contributed by atoms with van der Waals surface area (Å²) in [5, 5.41) is -1.52. The molecule has 0 unspecified atom stereocenters. The van der Waals surface area contributed by atoms with Crippen molar-refractivity contribution in [2.75, 3.05) is 12.2 Å². The summed E-state index contributed by atoms with van der Waals surface area (Å²) in [5.74, 6) is 0. The molecule has 0 fully saturated rings. The van der Waals surface area contributed by atoms with Gasteiger partial charge < -0.3 is 4.55 Å². The van der Waals surface area contributed by atoms with Gasteiger partial charge in [-0.3, -0.25) is 4.18 Å². The number of hydrogen-bond acceptors (Lipinski definition) is 6. The summed E-state index contributed by atoms with van der Waals surface area (Å²) in [7, 11) is -8.16. The quantitative estimate of drug-likeness (QED) is 0.394. The highest BCUT2D eigenvalue weighted by Gasteiger charge is 2.12. The van der Waals surface area contributed by atoms with Crippen LogP contribution in [-0.2, 0) is 24.4 Å². The minimum Gasteiger partial charge on any atom is -0.747 e. The van der Waals surface area contributed by atoms with Crippen molar-refractivity contribution >= 4 is 20.2 Å². The molecule has 0 heterocycles. The Hall–Kier alpha value is -0.180. The van der Waals surface area contributed by atoms with Gasteiger partial charge in [0.2, 0.25) is 0 Å². The van der Waals surface area contributed by atoms with Gasteiger partial charge >= 0.3 is 0 Å². The molecule has 0 N–H and O–H groups in total. The van der Waals surface area contributed by atoms with Crippen LogP contribution in [0, 0.1) is 0 Å². The third-order valence-corrected chi connectivity index (χ3v) is 3.36. The highest BCUT2D eigenvalue weighted by atomic mass is 32.3. The normalized spacial score (nSPS) is 13.4.